The van der Waals surface area contributed by atoms with Crippen LogP contribution < -0.4 is 22.2 Å². The summed E-state index contributed by atoms with van der Waals surface area (Å²) in [5.41, 5.74) is 2.34. The van der Waals surface area contributed by atoms with E-state index in [0.29, 0.717) is 5.17 Å². The number of rotatable bonds is 0. The highest BCUT2D eigenvalue weighted by molar-refractivity contribution is 8.12. The fourth-order valence-corrected chi connectivity index (χ4v) is 0.395. The maximum Gasteiger partial charge on any atom is 0.344 e. The van der Waals surface area contributed by atoms with Crippen molar-refractivity contribution in [1.29, 1.82) is 0 Å². The maximum absolute atomic E-state index is 4.94. The molecule has 0 atom stereocenters. The van der Waals surface area contributed by atoms with Crippen molar-refractivity contribution in [3.05, 3.63) is 0 Å². The van der Waals surface area contributed by atoms with Gasteiger partial charge in [-0.1, -0.05) is 0 Å². The third kappa shape index (κ3) is 2.30. The molecule has 0 rings (SSSR count). The van der Waals surface area contributed by atoms with Gasteiger partial charge in [0.2, 0.25) is 0 Å². The van der Waals surface area contributed by atoms with E-state index in [4.69, 9.17) is 11.7 Å². The Balaban J connectivity index is 3.38. The molecule has 0 radical (unpaired) electrons. The summed E-state index contributed by atoms with van der Waals surface area (Å²) < 4.78 is 0. The van der Waals surface area contributed by atoms with E-state index in [1.165, 1.54) is 11.8 Å². The highest BCUT2D eigenvalue weighted by atomic mass is 32.2. The zero-order valence-corrected chi connectivity index (χ0v) is 4.88. The van der Waals surface area contributed by atoms with Crippen LogP contribution in [0.4, 0.5) is 0 Å². The number of hydrogen-bond donors (Lipinski definition) is 4. The second kappa shape index (κ2) is 3.76. The van der Waals surface area contributed by atoms with Crippen molar-refractivity contribution in [2.24, 2.45) is 11.7 Å². The molecular formula is C2H9N4S+. The van der Waals surface area contributed by atoms with Crippen molar-refractivity contribution < 1.29 is 5.10 Å². The number of thioether (sulfide) groups is 1. The van der Waals surface area contributed by atoms with Crippen molar-refractivity contribution in [3.8, 4) is 0 Å². The average molecular weight is 121 g/mol. The van der Waals surface area contributed by atoms with Crippen LogP contribution in [-0.4, -0.2) is 11.4 Å². The molecule has 0 spiro atoms. The minimum absolute atomic E-state index is 0.653. The lowest BCUT2D eigenvalue weighted by Gasteiger charge is -1.85. The van der Waals surface area contributed by atoms with Crippen molar-refractivity contribution in [2.45, 2.75) is 0 Å². The van der Waals surface area contributed by atoms with Crippen LogP contribution in [0.3, 0.4) is 0 Å². The molecule has 0 amide bonds. The topological polar surface area (TPSA) is 78.0 Å². The molecule has 0 saturated carbocycles. The largest absolute Gasteiger partial charge is 0.344 e. The zero-order chi connectivity index (χ0) is 5.70. The summed E-state index contributed by atoms with van der Waals surface area (Å²) >= 11 is 1.41. The van der Waals surface area contributed by atoms with Crippen molar-refractivity contribution >= 4 is 16.9 Å². The van der Waals surface area contributed by atoms with E-state index in [1.807, 2.05) is 6.26 Å². The van der Waals surface area contributed by atoms with Crippen LogP contribution in [0.5, 0.6) is 0 Å². The Bertz CT molecular complexity index is 64.1. The molecule has 0 bridgehead atoms. The van der Waals surface area contributed by atoms with E-state index in [1.54, 1.807) is 0 Å². The second-order valence-corrected chi connectivity index (χ2v) is 1.64. The number of nitrogens with two attached hydrogens (primary N) is 2. The third-order valence-electron chi connectivity index (χ3n) is 0.466. The Kier molecular flexibility index (Phi) is 3.53. The van der Waals surface area contributed by atoms with Gasteiger partial charge >= 0.3 is 5.17 Å². The lowest BCUT2D eigenvalue weighted by atomic mass is 11.3. The first-order valence-corrected chi connectivity index (χ1v) is 2.91. The summed E-state index contributed by atoms with van der Waals surface area (Å²) in [4.78, 5) is 0. The minimum Gasteiger partial charge on any atom is -0.275 e. The first kappa shape index (κ1) is 6.58. The number of hydrogen-bond acceptors (Lipinski definition) is 3. The van der Waals surface area contributed by atoms with Gasteiger partial charge in [0.05, 0.1) is 0 Å². The molecule has 0 heterocycles. The summed E-state index contributed by atoms with van der Waals surface area (Å²) in [6, 6.07) is 0. The number of hydrazone groups is 1. The fraction of sp³-hybridized carbons (Fsp3) is 0.500. The summed E-state index contributed by atoms with van der Waals surface area (Å²) in [6.45, 7) is 0. The Morgan fingerprint density at radius 1 is 1.86 bits per heavy atom. The standard InChI is InChI=1S/C2H8N4S/c1-7-2(5-3)6-4/h3-4H2,1H3,(H,5,6)/p+1. The Hall–Kier alpha value is -0.420. The predicted octanol–water partition coefficient (Wildman–Crippen LogP) is -2.88. The molecule has 5 heteroatoms. The van der Waals surface area contributed by atoms with E-state index in [9.17, 15) is 0 Å². The lowest BCUT2D eigenvalue weighted by Crippen LogP contribution is -2.82. The smallest absolute Gasteiger partial charge is 0.275 e. The zero-order valence-electron chi connectivity index (χ0n) is 4.06. The summed E-state index contributed by atoms with van der Waals surface area (Å²) in [7, 11) is 0. The predicted molar refractivity (Wildman–Crippen MR) is 31.0 cm³/mol. The molecule has 0 saturated heterocycles. The Morgan fingerprint density at radius 2 is 2.43 bits per heavy atom. The molecular weight excluding hydrogens is 112 g/mol. The van der Waals surface area contributed by atoms with Crippen molar-refractivity contribution in [3.63, 3.8) is 0 Å². The molecule has 0 fully saturated rings. The van der Waals surface area contributed by atoms with Gasteiger partial charge in [-0.15, -0.1) is 0 Å². The van der Waals surface area contributed by atoms with Gasteiger partial charge in [-0.05, 0) is 18.0 Å². The Labute approximate surface area is 46.3 Å². The van der Waals surface area contributed by atoms with Crippen LogP contribution in [0.2, 0.25) is 0 Å². The molecule has 0 aromatic rings. The van der Waals surface area contributed by atoms with Crippen LogP contribution in [0.25, 0.3) is 0 Å². The molecule has 0 aromatic carbocycles. The normalized spacial score (nSPS) is 11.4. The first-order chi connectivity index (χ1) is 3.35. The average Bonchev–Trinajstić information content (AvgIpc) is 1.72. The Morgan fingerprint density at radius 3 is 2.43 bits per heavy atom. The number of hydrazine groups is 2. The van der Waals surface area contributed by atoms with E-state index < -0.39 is 0 Å². The van der Waals surface area contributed by atoms with Crippen LogP contribution in [-0.2, 0) is 0 Å². The minimum atomic E-state index is 0.653. The molecule has 0 aliphatic rings. The molecule has 42 valence electrons. The summed E-state index contributed by atoms with van der Waals surface area (Å²) in [6.07, 6.45) is 1.86. The van der Waals surface area contributed by atoms with Gasteiger partial charge < -0.3 is 0 Å². The molecule has 0 unspecified atom stereocenters. The van der Waals surface area contributed by atoms with Crippen LogP contribution in [0.1, 0.15) is 0 Å². The van der Waals surface area contributed by atoms with Gasteiger partial charge in [-0.25, -0.2) is 0 Å². The van der Waals surface area contributed by atoms with Gasteiger partial charge in [0.25, 0.3) is 0 Å². The monoisotopic (exact) mass is 121 g/mol. The van der Waals surface area contributed by atoms with Gasteiger partial charge in [-0.2, -0.15) is 16.4 Å². The molecule has 0 aliphatic carbocycles. The molecule has 0 aromatic heterocycles. The van der Waals surface area contributed by atoms with Crippen LogP contribution in [0, 0.1) is 0 Å². The summed E-state index contributed by atoms with van der Waals surface area (Å²) in [5.74, 6) is 9.89. The van der Waals surface area contributed by atoms with Crippen LogP contribution in [0.15, 0.2) is 0 Å². The van der Waals surface area contributed by atoms with Gasteiger partial charge in [0.1, 0.15) is 0 Å². The van der Waals surface area contributed by atoms with E-state index in [2.05, 4.69) is 10.5 Å². The van der Waals surface area contributed by atoms with Crippen LogP contribution >= 0.6 is 11.8 Å². The highest BCUT2D eigenvalue weighted by Gasteiger charge is 1.94. The van der Waals surface area contributed by atoms with E-state index >= 15 is 0 Å². The second-order valence-electron chi connectivity index (χ2n) is 0.822. The number of nitrogens with one attached hydrogen (secondary N) is 2. The fourth-order valence-electron chi connectivity index (χ4n) is 0.160. The maximum atomic E-state index is 4.94. The SMILES string of the molecule is CSC(NN)=[NH+]N. The highest BCUT2D eigenvalue weighted by Crippen LogP contribution is 1.82. The first-order valence-electron chi connectivity index (χ1n) is 1.69. The molecule has 6 N–H and O–H groups in total. The van der Waals surface area contributed by atoms with Gasteiger partial charge in [-0.3, -0.25) is 5.84 Å². The van der Waals surface area contributed by atoms with Gasteiger partial charge in [0.15, 0.2) is 0 Å². The lowest BCUT2D eigenvalue weighted by molar-refractivity contribution is -0.468. The van der Waals surface area contributed by atoms with Gasteiger partial charge in [0, 0.05) is 0 Å². The van der Waals surface area contributed by atoms with Crippen molar-refractivity contribution in [2.75, 3.05) is 6.26 Å². The third-order valence-corrected chi connectivity index (χ3v) is 1.11. The molecule has 7 heavy (non-hydrogen) atoms. The molecule has 4 nitrogen and oxygen atoms in total. The van der Waals surface area contributed by atoms with Crippen molar-refractivity contribution in [1.82, 2.24) is 5.43 Å². The van der Waals surface area contributed by atoms with E-state index in [0.717, 1.165) is 0 Å². The van der Waals surface area contributed by atoms with E-state index in [-0.39, 0.29) is 0 Å². The number of amidine groups is 1. The summed E-state index contributed by atoms with van der Waals surface area (Å²) in [5, 5.41) is 3.00. The quantitative estimate of drug-likeness (QED) is 0.120. The molecule has 0 aliphatic heterocycles.